The van der Waals surface area contributed by atoms with E-state index in [-0.39, 0.29) is 12.2 Å². The molecule has 1 heterocycles. The third-order valence-electron chi connectivity index (χ3n) is 5.32. The Labute approximate surface area is 188 Å². The minimum Gasteiger partial charge on any atom is -0.387 e. The van der Waals surface area contributed by atoms with Crippen molar-refractivity contribution in [3.8, 4) is 0 Å². The SMILES string of the molecule is CC1OC(Sc2ccccc2)C(O)C(OCc2ccccc2)C1OCc1ccccc1. The van der Waals surface area contributed by atoms with E-state index in [4.69, 9.17) is 14.2 Å². The van der Waals surface area contributed by atoms with Gasteiger partial charge in [-0.3, -0.25) is 0 Å². The molecular weight excluding hydrogens is 408 g/mol. The van der Waals surface area contributed by atoms with Crippen LogP contribution in [0.2, 0.25) is 0 Å². The zero-order valence-corrected chi connectivity index (χ0v) is 18.4. The lowest BCUT2D eigenvalue weighted by Gasteiger charge is -2.43. The summed E-state index contributed by atoms with van der Waals surface area (Å²) in [6.45, 7) is 2.83. The maximum Gasteiger partial charge on any atom is 0.136 e. The van der Waals surface area contributed by atoms with Crippen molar-refractivity contribution in [2.45, 2.75) is 54.9 Å². The van der Waals surface area contributed by atoms with E-state index in [0.29, 0.717) is 13.2 Å². The average Bonchev–Trinajstić information content (AvgIpc) is 2.81. The maximum atomic E-state index is 11.2. The third-order valence-corrected chi connectivity index (χ3v) is 6.48. The Morgan fingerprint density at radius 2 is 1.23 bits per heavy atom. The molecule has 1 N–H and O–H groups in total. The summed E-state index contributed by atoms with van der Waals surface area (Å²) in [6, 6.07) is 30.0. The van der Waals surface area contributed by atoms with E-state index in [2.05, 4.69) is 0 Å². The minimum atomic E-state index is -0.828. The predicted molar refractivity (Wildman–Crippen MR) is 123 cm³/mol. The molecule has 0 saturated carbocycles. The van der Waals surface area contributed by atoms with Crippen LogP contribution in [0.15, 0.2) is 95.9 Å². The summed E-state index contributed by atoms with van der Waals surface area (Å²) in [5.74, 6) is 0. The Kier molecular flexibility index (Phi) is 7.78. The van der Waals surface area contributed by atoms with Crippen LogP contribution in [0.5, 0.6) is 0 Å². The van der Waals surface area contributed by atoms with Gasteiger partial charge in [0.05, 0.1) is 19.3 Å². The second-order valence-electron chi connectivity index (χ2n) is 7.65. The fraction of sp³-hybridized carbons (Fsp3) is 0.308. The topological polar surface area (TPSA) is 47.9 Å². The fourth-order valence-electron chi connectivity index (χ4n) is 3.67. The molecule has 31 heavy (non-hydrogen) atoms. The summed E-state index contributed by atoms with van der Waals surface area (Å²) in [5, 5.41) is 11.2. The predicted octanol–water partition coefficient (Wildman–Crippen LogP) is 5.06. The number of hydrogen-bond donors (Lipinski definition) is 1. The first kappa shape index (κ1) is 22.1. The highest BCUT2D eigenvalue weighted by molar-refractivity contribution is 7.99. The highest BCUT2D eigenvalue weighted by Crippen LogP contribution is 2.35. The minimum absolute atomic E-state index is 0.228. The van der Waals surface area contributed by atoms with Gasteiger partial charge in [-0.2, -0.15) is 0 Å². The van der Waals surface area contributed by atoms with Gasteiger partial charge >= 0.3 is 0 Å². The Balaban J connectivity index is 1.49. The van der Waals surface area contributed by atoms with E-state index in [1.165, 1.54) is 11.8 Å². The first-order chi connectivity index (χ1) is 15.2. The highest BCUT2D eigenvalue weighted by atomic mass is 32.2. The van der Waals surface area contributed by atoms with E-state index in [0.717, 1.165) is 16.0 Å². The van der Waals surface area contributed by atoms with Crippen molar-refractivity contribution in [1.29, 1.82) is 0 Å². The van der Waals surface area contributed by atoms with Crippen LogP contribution >= 0.6 is 11.8 Å². The Morgan fingerprint density at radius 3 is 1.77 bits per heavy atom. The van der Waals surface area contributed by atoms with E-state index in [9.17, 15) is 5.11 Å². The van der Waals surface area contributed by atoms with Crippen molar-refractivity contribution < 1.29 is 19.3 Å². The second-order valence-corrected chi connectivity index (χ2v) is 8.83. The quantitative estimate of drug-likeness (QED) is 0.535. The van der Waals surface area contributed by atoms with Crippen LogP contribution in [-0.4, -0.2) is 35.0 Å². The third kappa shape index (κ3) is 5.97. The summed E-state index contributed by atoms with van der Waals surface area (Å²) in [6.07, 6.45) is -1.94. The van der Waals surface area contributed by atoms with Gasteiger partial charge in [0, 0.05) is 4.90 Å². The summed E-state index contributed by atoms with van der Waals surface area (Å²) in [5.41, 5.74) is 1.70. The van der Waals surface area contributed by atoms with Gasteiger partial charge in [-0.1, -0.05) is 90.6 Å². The van der Waals surface area contributed by atoms with Gasteiger partial charge in [-0.25, -0.2) is 0 Å². The molecule has 0 radical (unpaired) electrons. The van der Waals surface area contributed by atoms with Crippen LogP contribution in [0, 0.1) is 0 Å². The summed E-state index contributed by atoms with van der Waals surface area (Å²) >= 11 is 1.51. The lowest BCUT2D eigenvalue weighted by molar-refractivity contribution is -0.229. The van der Waals surface area contributed by atoms with Crippen LogP contribution in [-0.2, 0) is 27.4 Å². The van der Waals surface area contributed by atoms with E-state index in [1.807, 2.05) is 97.9 Å². The maximum absolute atomic E-state index is 11.2. The fourth-order valence-corrected chi connectivity index (χ4v) is 4.78. The number of aliphatic hydroxyl groups excluding tert-OH is 1. The number of benzene rings is 3. The van der Waals surface area contributed by atoms with Crippen LogP contribution < -0.4 is 0 Å². The molecule has 3 aromatic carbocycles. The van der Waals surface area contributed by atoms with Crippen LogP contribution in [0.3, 0.4) is 0 Å². The molecule has 0 aromatic heterocycles. The second kappa shape index (κ2) is 10.9. The Morgan fingerprint density at radius 1 is 0.742 bits per heavy atom. The number of aliphatic hydroxyl groups is 1. The smallest absolute Gasteiger partial charge is 0.136 e. The van der Waals surface area contributed by atoms with Crippen molar-refractivity contribution >= 4 is 11.8 Å². The van der Waals surface area contributed by atoms with Crippen LogP contribution in [0.4, 0.5) is 0 Å². The first-order valence-electron chi connectivity index (χ1n) is 10.6. The molecule has 5 heteroatoms. The highest BCUT2D eigenvalue weighted by Gasteiger charge is 2.45. The number of rotatable bonds is 8. The number of thioether (sulfide) groups is 1. The van der Waals surface area contributed by atoms with Crippen molar-refractivity contribution in [3.63, 3.8) is 0 Å². The molecule has 1 fully saturated rings. The summed E-state index contributed by atoms with van der Waals surface area (Å²) in [4.78, 5) is 1.05. The molecule has 4 nitrogen and oxygen atoms in total. The molecule has 3 aromatic rings. The van der Waals surface area contributed by atoms with Gasteiger partial charge in [0.25, 0.3) is 0 Å². The average molecular weight is 437 g/mol. The van der Waals surface area contributed by atoms with E-state index in [1.54, 1.807) is 0 Å². The molecular formula is C26H28O4S. The molecule has 4 rings (SSSR count). The van der Waals surface area contributed by atoms with Gasteiger partial charge in [0.2, 0.25) is 0 Å². The molecule has 0 spiro atoms. The molecule has 0 bridgehead atoms. The van der Waals surface area contributed by atoms with E-state index < -0.39 is 17.6 Å². The molecule has 1 aliphatic rings. The molecule has 0 aliphatic carbocycles. The lowest BCUT2D eigenvalue weighted by Crippen LogP contribution is -2.57. The van der Waals surface area contributed by atoms with Gasteiger partial charge in [-0.15, -0.1) is 0 Å². The number of hydrogen-bond acceptors (Lipinski definition) is 5. The first-order valence-corrected chi connectivity index (χ1v) is 11.4. The normalized spacial score (nSPS) is 25.9. The molecule has 1 saturated heterocycles. The van der Waals surface area contributed by atoms with Gasteiger partial charge < -0.3 is 19.3 Å². The summed E-state index contributed by atoms with van der Waals surface area (Å²) in [7, 11) is 0. The molecule has 162 valence electrons. The molecule has 5 unspecified atom stereocenters. The Hall–Kier alpha value is -2.15. The molecule has 1 aliphatic heterocycles. The van der Waals surface area contributed by atoms with Gasteiger partial charge in [0.1, 0.15) is 23.7 Å². The van der Waals surface area contributed by atoms with Crippen molar-refractivity contribution in [3.05, 3.63) is 102 Å². The Bertz CT molecular complexity index is 906. The lowest BCUT2D eigenvalue weighted by atomic mass is 10.00. The number of ether oxygens (including phenoxy) is 3. The largest absolute Gasteiger partial charge is 0.387 e. The van der Waals surface area contributed by atoms with Crippen LogP contribution in [0.25, 0.3) is 0 Å². The standard InChI is InChI=1S/C26H28O4S/c1-19-24(28-17-20-11-5-2-6-12-20)25(29-18-21-13-7-3-8-14-21)23(27)26(30-19)31-22-15-9-4-10-16-22/h2-16,19,23-27H,17-18H2,1H3. The van der Waals surface area contributed by atoms with Crippen molar-refractivity contribution in [2.75, 3.05) is 0 Å². The molecule has 5 atom stereocenters. The zero-order chi connectivity index (χ0) is 21.5. The van der Waals surface area contributed by atoms with Gasteiger partial charge in [0.15, 0.2) is 0 Å². The van der Waals surface area contributed by atoms with Crippen LogP contribution in [0.1, 0.15) is 18.1 Å². The zero-order valence-electron chi connectivity index (χ0n) is 17.5. The monoisotopic (exact) mass is 436 g/mol. The van der Waals surface area contributed by atoms with Crippen molar-refractivity contribution in [2.24, 2.45) is 0 Å². The van der Waals surface area contributed by atoms with Crippen molar-refractivity contribution in [1.82, 2.24) is 0 Å². The summed E-state index contributed by atoms with van der Waals surface area (Å²) < 4.78 is 18.7. The van der Waals surface area contributed by atoms with Gasteiger partial charge in [-0.05, 0) is 30.2 Å². The molecule has 0 amide bonds. The van der Waals surface area contributed by atoms with E-state index >= 15 is 0 Å².